The Kier molecular flexibility index (Phi) is 4.48. The topological polar surface area (TPSA) is 52.0 Å². The number of halogens is 2. The maximum Gasteiger partial charge on any atom is 0.150 e. The van der Waals surface area contributed by atoms with Crippen molar-refractivity contribution in [3.63, 3.8) is 0 Å². The second kappa shape index (κ2) is 5.62. The molecule has 0 amide bonds. The number of aryl methyl sites for hydroxylation is 2. The van der Waals surface area contributed by atoms with Gasteiger partial charge in [0, 0.05) is 18.5 Å². The molecule has 4 nitrogen and oxygen atoms in total. The zero-order valence-corrected chi connectivity index (χ0v) is 13.4. The maximum atomic E-state index is 11.6. The Hall–Kier alpha value is -0.260. The Balaban J connectivity index is 2.16. The fraction of sp³-hybridized carbons (Fsp3) is 0.750. The first kappa shape index (κ1) is 15.1. The lowest BCUT2D eigenvalue weighted by atomic mass is 9.88. The second-order valence-corrected chi connectivity index (χ2v) is 8.16. The van der Waals surface area contributed by atoms with Gasteiger partial charge >= 0.3 is 0 Å². The number of rotatable bonds is 4. The van der Waals surface area contributed by atoms with Crippen LogP contribution < -0.4 is 0 Å². The Morgan fingerprint density at radius 1 is 1.53 bits per heavy atom. The van der Waals surface area contributed by atoms with Gasteiger partial charge in [-0.2, -0.15) is 5.10 Å². The van der Waals surface area contributed by atoms with Crippen molar-refractivity contribution in [2.45, 2.75) is 19.8 Å². The van der Waals surface area contributed by atoms with E-state index in [1.165, 1.54) is 0 Å². The van der Waals surface area contributed by atoms with Crippen LogP contribution in [0.4, 0.5) is 0 Å². The highest BCUT2D eigenvalue weighted by atomic mass is 35.5. The van der Waals surface area contributed by atoms with Gasteiger partial charge in [0.1, 0.15) is 5.15 Å². The van der Waals surface area contributed by atoms with Crippen molar-refractivity contribution in [2.75, 3.05) is 17.4 Å². The molecular weight excluding hydrogens is 307 g/mol. The molecule has 19 heavy (non-hydrogen) atoms. The summed E-state index contributed by atoms with van der Waals surface area (Å²) in [5.74, 6) is 1.26. The van der Waals surface area contributed by atoms with Gasteiger partial charge in [-0.1, -0.05) is 11.6 Å². The van der Waals surface area contributed by atoms with Crippen LogP contribution in [0.1, 0.15) is 17.7 Å². The fourth-order valence-corrected chi connectivity index (χ4v) is 5.24. The molecule has 1 aromatic heterocycles. The summed E-state index contributed by atoms with van der Waals surface area (Å²) in [7, 11) is -1.07. The van der Waals surface area contributed by atoms with Gasteiger partial charge < -0.3 is 0 Å². The standard InChI is InChI=1S/C12H18Cl2N2O2S/c1-8-11(12(14)16(2)15-8)5-10(6-13)9-3-4-19(17,18)7-9/h9-10H,3-7H2,1-2H3. The van der Waals surface area contributed by atoms with Crippen molar-refractivity contribution in [3.8, 4) is 0 Å². The number of hydrogen-bond acceptors (Lipinski definition) is 3. The van der Waals surface area contributed by atoms with Gasteiger partial charge in [0.15, 0.2) is 9.84 Å². The van der Waals surface area contributed by atoms with Crippen molar-refractivity contribution < 1.29 is 8.42 Å². The molecule has 0 bridgehead atoms. The first-order chi connectivity index (χ1) is 8.84. The third-order valence-corrected chi connectivity index (χ3v) is 6.53. The van der Waals surface area contributed by atoms with E-state index in [-0.39, 0.29) is 23.3 Å². The van der Waals surface area contributed by atoms with Crippen molar-refractivity contribution >= 4 is 33.0 Å². The molecule has 2 heterocycles. The van der Waals surface area contributed by atoms with Gasteiger partial charge in [-0.3, -0.25) is 4.68 Å². The molecule has 7 heteroatoms. The van der Waals surface area contributed by atoms with E-state index >= 15 is 0 Å². The minimum Gasteiger partial charge on any atom is -0.257 e. The molecule has 0 spiro atoms. The summed E-state index contributed by atoms with van der Waals surface area (Å²) in [5, 5.41) is 4.90. The van der Waals surface area contributed by atoms with Crippen LogP contribution >= 0.6 is 23.2 Å². The predicted octanol–water partition coefficient (Wildman–Crippen LogP) is 2.21. The lowest BCUT2D eigenvalue weighted by molar-refractivity contribution is 0.397. The molecule has 1 aromatic rings. The molecule has 2 rings (SSSR count). The van der Waals surface area contributed by atoms with Crippen LogP contribution in [0.3, 0.4) is 0 Å². The smallest absolute Gasteiger partial charge is 0.150 e. The highest BCUT2D eigenvalue weighted by Gasteiger charge is 2.34. The summed E-state index contributed by atoms with van der Waals surface area (Å²) in [6.45, 7) is 1.91. The van der Waals surface area contributed by atoms with Crippen LogP contribution in [-0.4, -0.2) is 35.6 Å². The largest absolute Gasteiger partial charge is 0.257 e. The molecule has 0 N–H and O–H groups in total. The molecule has 0 aliphatic carbocycles. The summed E-state index contributed by atoms with van der Waals surface area (Å²) in [5.41, 5.74) is 1.88. The normalized spacial score (nSPS) is 23.7. The summed E-state index contributed by atoms with van der Waals surface area (Å²) < 4.78 is 24.8. The lowest BCUT2D eigenvalue weighted by Crippen LogP contribution is -2.20. The minimum absolute atomic E-state index is 0.137. The summed E-state index contributed by atoms with van der Waals surface area (Å²) in [4.78, 5) is 0. The van der Waals surface area contributed by atoms with Crippen molar-refractivity contribution in [1.29, 1.82) is 0 Å². The van der Waals surface area contributed by atoms with Gasteiger partial charge in [-0.25, -0.2) is 8.42 Å². The SMILES string of the molecule is Cc1nn(C)c(Cl)c1CC(CCl)C1CCS(=O)(=O)C1. The number of sulfone groups is 1. The predicted molar refractivity (Wildman–Crippen MR) is 77.6 cm³/mol. The number of hydrogen-bond donors (Lipinski definition) is 0. The Bertz CT molecular complexity index is 569. The molecule has 0 saturated carbocycles. The third kappa shape index (κ3) is 3.26. The van der Waals surface area contributed by atoms with E-state index in [4.69, 9.17) is 23.2 Å². The average Bonchev–Trinajstić information content (AvgIpc) is 2.79. The monoisotopic (exact) mass is 324 g/mol. The Morgan fingerprint density at radius 2 is 2.21 bits per heavy atom. The first-order valence-corrected chi connectivity index (χ1v) is 9.02. The quantitative estimate of drug-likeness (QED) is 0.798. The number of alkyl halides is 1. The summed E-state index contributed by atoms with van der Waals surface area (Å²) in [6.07, 6.45) is 1.40. The van der Waals surface area contributed by atoms with Crippen LogP contribution in [0.25, 0.3) is 0 Å². The second-order valence-electron chi connectivity index (χ2n) is 5.26. The molecule has 1 fully saturated rings. The van der Waals surface area contributed by atoms with Gasteiger partial charge in [-0.15, -0.1) is 11.6 Å². The van der Waals surface area contributed by atoms with E-state index in [2.05, 4.69) is 5.10 Å². The van der Waals surface area contributed by atoms with Crippen molar-refractivity contribution in [1.82, 2.24) is 9.78 Å². The van der Waals surface area contributed by atoms with Gasteiger partial charge in [0.05, 0.1) is 17.2 Å². The number of aromatic nitrogens is 2. The summed E-state index contributed by atoms with van der Waals surface area (Å²) >= 11 is 12.3. The van der Waals surface area contributed by atoms with Crippen LogP contribution in [0.2, 0.25) is 5.15 Å². The number of nitrogens with zero attached hydrogens (tertiary/aromatic N) is 2. The molecule has 0 radical (unpaired) electrons. The molecule has 2 atom stereocenters. The highest BCUT2D eigenvalue weighted by molar-refractivity contribution is 7.91. The average molecular weight is 325 g/mol. The zero-order chi connectivity index (χ0) is 14.2. The first-order valence-electron chi connectivity index (χ1n) is 6.28. The van der Waals surface area contributed by atoms with Gasteiger partial charge in [0.25, 0.3) is 0 Å². The highest BCUT2D eigenvalue weighted by Crippen LogP contribution is 2.32. The van der Waals surface area contributed by atoms with Crippen LogP contribution in [-0.2, 0) is 23.3 Å². The van der Waals surface area contributed by atoms with Gasteiger partial charge in [-0.05, 0) is 31.6 Å². The van der Waals surface area contributed by atoms with Crippen LogP contribution in [0, 0.1) is 18.8 Å². The van der Waals surface area contributed by atoms with E-state index in [1.54, 1.807) is 11.7 Å². The molecule has 1 aliphatic heterocycles. The van der Waals surface area contributed by atoms with Crippen molar-refractivity contribution in [3.05, 3.63) is 16.4 Å². The van der Waals surface area contributed by atoms with E-state index < -0.39 is 9.84 Å². The molecule has 0 aromatic carbocycles. The molecule has 108 valence electrons. The van der Waals surface area contributed by atoms with Crippen LogP contribution in [0.5, 0.6) is 0 Å². The van der Waals surface area contributed by atoms with Gasteiger partial charge in [0.2, 0.25) is 0 Å². The molecule has 1 saturated heterocycles. The minimum atomic E-state index is -2.87. The molecule has 2 unspecified atom stereocenters. The van der Waals surface area contributed by atoms with E-state index in [0.717, 1.165) is 11.3 Å². The fourth-order valence-electron chi connectivity index (χ4n) is 2.71. The summed E-state index contributed by atoms with van der Waals surface area (Å²) in [6, 6.07) is 0. The molecular formula is C12H18Cl2N2O2S. The zero-order valence-electron chi connectivity index (χ0n) is 11.1. The van der Waals surface area contributed by atoms with E-state index in [0.29, 0.717) is 23.9 Å². The van der Waals surface area contributed by atoms with Crippen LogP contribution in [0.15, 0.2) is 0 Å². The third-order valence-electron chi connectivity index (χ3n) is 3.87. The van der Waals surface area contributed by atoms with E-state index in [1.807, 2.05) is 6.92 Å². The lowest BCUT2D eigenvalue weighted by Gasteiger charge is -2.19. The Labute approximate surface area is 124 Å². The van der Waals surface area contributed by atoms with Crippen molar-refractivity contribution in [2.24, 2.45) is 18.9 Å². The maximum absolute atomic E-state index is 11.6. The Morgan fingerprint density at radius 3 is 2.63 bits per heavy atom. The van der Waals surface area contributed by atoms with E-state index in [9.17, 15) is 8.42 Å². The molecule has 1 aliphatic rings.